The molecule has 1 saturated heterocycles. The van der Waals surface area contributed by atoms with E-state index in [-0.39, 0.29) is 6.10 Å². The van der Waals surface area contributed by atoms with Crippen molar-refractivity contribution in [3.63, 3.8) is 0 Å². The Morgan fingerprint density at radius 2 is 1.88 bits per heavy atom. The van der Waals surface area contributed by atoms with Crippen LogP contribution in [0.5, 0.6) is 5.75 Å². The molecule has 0 saturated carbocycles. The van der Waals surface area contributed by atoms with Crippen molar-refractivity contribution in [2.45, 2.75) is 45.3 Å². The second-order valence-electron chi connectivity index (χ2n) is 7.36. The van der Waals surface area contributed by atoms with Crippen LogP contribution in [0.1, 0.15) is 39.2 Å². The van der Waals surface area contributed by atoms with Crippen molar-refractivity contribution in [2.75, 3.05) is 26.2 Å². The van der Waals surface area contributed by atoms with Crippen LogP contribution < -0.4 is 4.74 Å². The van der Waals surface area contributed by atoms with Crippen molar-refractivity contribution in [2.24, 2.45) is 4.99 Å². The summed E-state index contributed by atoms with van der Waals surface area (Å²) >= 11 is 0. The van der Waals surface area contributed by atoms with Gasteiger partial charge in [0.1, 0.15) is 24.1 Å². The maximum absolute atomic E-state index is 11.7. The Morgan fingerprint density at radius 1 is 1.19 bits per heavy atom. The van der Waals surface area contributed by atoms with Crippen LogP contribution in [0.2, 0.25) is 0 Å². The molecule has 2 aliphatic rings. The molecule has 1 aromatic rings. The van der Waals surface area contributed by atoms with Gasteiger partial charge in [0.15, 0.2) is 0 Å². The molecule has 7 nitrogen and oxygen atoms in total. The summed E-state index contributed by atoms with van der Waals surface area (Å²) < 4.78 is 16.6. The molecule has 2 aliphatic heterocycles. The quantitative estimate of drug-likeness (QED) is 0.766. The molecule has 7 heteroatoms. The van der Waals surface area contributed by atoms with E-state index in [1.165, 1.54) is 0 Å². The highest BCUT2D eigenvalue weighted by atomic mass is 16.8. The van der Waals surface area contributed by atoms with E-state index in [0.717, 1.165) is 30.7 Å². The molecule has 0 bridgehead atoms. The summed E-state index contributed by atoms with van der Waals surface area (Å²) in [6.07, 6.45) is 0.990. The van der Waals surface area contributed by atoms with Crippen molar-refractivity contribution in [3.8, 4) is 5.75 Å². The summed E-state index contributed by atoms with van der Waals surface area (Å²) in [5, 5.41) is 1.63. The molecule has 0 amide bonds. The minimum absolute atomic E-state index is 0.0967. The molecule has 0 atom stereocenters. The summed E-state index contributed by atoms with van der Waals surface area (Å²) in [4.78, 5) is 21.2. The number of carbonyl (C=O) groups is 1. The molecule has 3 rings (SSSR count). The Hall–Kier alpha value is -2.28. The first-order chi connectivity index (χ1) is 12.4. The van der Waals surface area contributed by atoms with E-state index in [2.05, 4.69) is 4.99 Å². The molecule has 0 spiro atoms. The van der Waals surface area contributed by atoms with Crippen LogP contribution >= 0.6 is 0 Å². The zero-order chi connectivity index (χ0) is 18.6. The van der Waals surface area contributed by atoms with Gasteiger partial charge >= 0.3 is 6.16 Å². The fourth-order valence-electron chi connectivity index (χ4n) is 2.79. The number of hydroxylamine groups is 2. The minimum Gasteiger partial charge on any atom is -0.490 e. The Morgan fingerprint density at radius 3 is 2.46 bits per heavy atom. The SMILES string of the molecule is CC(C)(C)OC(=O)ON1CCC(Oc2ccc(C3=NCCO3)cc2)CC1. The second kappa shape index (κ2) is 7.95. The number of aliphatic imine (C=N–C) groups is 1. The number of piperidine rings is 1. The predicted octanol–water partition coefficient (Wildman–Crippen LogP) is 3.17. The first-order valence-corrected chi connectivity index (χ1v) is 8.99. The lowest BCUT2D eigenvalue weighted by Gasteiger charge is -2.31. The van der Waals surface area contributed by atoms with Gasteiger partial charge in [-0.3, -0.25) is 0 Å². The van der Waals surface area contributed by atoms with E-state index in [1.807, 2.05) is 45.0 Å². The summed E-state index contributed by atoms with van der Waals surface area (Å²) in [6.45, 7) is 8.04. The fourth-order valence-corrected chi connectivity index (χ4v) is 2.79. The van der Waals surface area contributed by atoms with E-state index >= 15 is 0 Å². The smallest absolute Gasteiger partial charge is 0.490 e. The third-order valence-electron chi connectivity index (χ3n) is 3.98. The summed E-state index contributed by atoms with van der Waals surface area (Å²) in [6, 6.07) is 7.78. The molecule has 0 radical (unpaired) electrons. The number of rotatable bonds is 4. The van der Waals surface area contributed by atoms with Crippen molar-refractivity contribution in [1.82, 2.24) is 5.06 Å². The number of hydrogen-bond donors (Lipinski definition) is 0. The molecule has 26 heavy (non-hydrogen) atoms. The van der Waals surface area contributed by atoms with E-state index in [9.17, 15) is 4.79 Å². The fraction of sp³-hybridized carbons (Fsp3) is 0.579. The van der Waals surface area contributed by atoms with Crippen molar-refractivity contribution in [1.29, 1.82) is 0 Å². The highest BCUT2D eigenvalue weighted by Gasteiger charge is 2.26. The maximum Gasteiger partial charge on any atom is 0.528 e. The van der Waals surface area contributed by atoms with Crippen molar-refractivity contribution < 1.29 is 23.8 Å². The summed E-state index contributed by atoms with van der Waals surface area (Å²) in [5.41, 5.74) is 0.412. The van der Waals surface area contributed by atoms with Crippen LogP contribution in [0.15, 0.2) is 29.3 Å². The molecule has 1 fully saturated rings. The average molecular weight is 362 g/mol. The van der Waals surface area contributed by atoms with Crippen LogP contribution in [0.3, 0.4) is 0 Å². The first kappa shape index (κ1) is 18.5. The zero-order valence-electron chi connectivity index (χ0n) is 15.6. The van der Waals surface area contributed by atoms with Crippen LogP contribution in [-0.2, 0) is 14.3 Å². The van der Waals surface area contributed by atoms with Gasteiger partial charge in [-0.25, -0.2) is 9.79 Å². The first-order valence-electron chi connectivity index (χ1n) is 8.99. The van der Waals surface area contributed by atoms with Gasteiger partial charge < -0.3 is 19.0 Å². The van der Waals surface area contributed by atoms with Gasteiger partial charge in [-0.15, -0.1) is 5.06 Å². The zero-order valence-corrected chi connectivity index (χ0v) is 15.6. The molecule has 1 aromatic carbocycles. The molecule has 2 heterocycles. The molecular weight excluding hydrogens is 336 g/mol. The Balaban J connectivity index is 1.43. The number of benzene rings is 1. The Kier molecular flexibility index (Phi) is 5.66. The van der Waals surface area contributed by atoms with Crippen LogP contribution in [0, 0.1) is 0 Å². The third-order valence-corrected chi connectivity index (χ3v) is 3.98. The van der Waals surface area contributed by atoms with Gasteiger partial charge in [0.25, 0.3) is 0 Å². The monoisotopic (exact) mass is 362 g/mol. The maximum atomic E-state index is 11.7. The lowest BCUT2D eigenvalue weighted by molar-refractivity contribution is -0.158. The Labute approximate surface area is 153 Å². The van der Waals surface area contributed by atoms with Gasteiger partial charge in [-0.1, -0.05) is 0 Å². The second-order valence-corrected chi connectivity index (χ2v) is 7.36. The van der Waals surface area contributed by atoms with E-state index in [1.54, 1.807) is 5.06 Å². The summed E-state index contributed by atoms with van der Waals surface area (Å²) in [5.74, 6) is 1.52. The molecule has 142 valence electrons. The Bertz CT molecular complexity index is 643. The largest absolute Gasteiger partial charge is 0.528 e. The van der Waals surface area contributed by atoms with Gasteiger partial charge in [0.05, 0.1) is 6.54 Å². The number of ether oxygens (including phenoxy) is 3. The lowest BCUT2D eigenvalue weighted by Crippen LogP contribution is -2.40. The normalized spacial score (nSPS) is 18.8. The van der Waals surface area contributed by atoms with Crippen molar-refractivity contribution in [3.05, 3.63) is 29.8 Å². The lowest BCUT2D eigenvalue weighted by atomic mass is 10.1. The molecule has 0 N–H and O–H groups in total. The van der Waals surface area contributed by atoms with Crippen LogP contribution in [-0.4, -0.2) is 55.1 Å². The topological polar surface area (TPSA) is 69.6 Å². The molecule has 0 aliphatic carbocycles. The van der Waals surface area contributed by atoms with Gasteiger partial charge in [0, 0.05) is 31.5 Å². The highest BCUT2D eigenvalue weighted by molar-refractivity contribution is 5.95. The van der Waals surface area contributed by atoms with Crippen LogP contribution in [0.4, 0.5) is 4.79 Å². The van der Waals surface area contributed by atoms with Crippen LogP contribution in [0.25, 0.3) is 0 Å². The van der Waals surface area contributed by atoms with E-state index in [0.29, 0.717) is 25.6 Å². The summed E-state index contributed by atoms with van der Waals surface area (Å²) in [7, 11) is 0. The average Bonchev–Trinajstić information content (AvgIpc) is 3.10. The molecular formula is C19H26N2O5. The standard InChI is InChI=1S/C19H26N2O5/c1-19(2,3)25-18(22)26-21-11-8-16(9-12-21)24-15-6-4-14(5-7-15)17-20-10-13-23-17/h4-7,16H,8-13H2,1-3H3. The van der Waals surface area contributed by atoms with Crippen molar-refractivity contribution >= 4 is 12.1 Å². The van der Waals surface area contributed by atoms with Gasteiger partial charge in [0.2, 0.25) is 5.90 Å². The minimum atomic E-state index is -0.662. The number of carbonyl (C=O) groups excluding carboxylic acids is 1. The third kappa shape index (κ3) is 5.36. The highest BCUT2D eigenvalue weighted by Crippen LogP contribution is 2.21. The van der Waals surface area contributed by atoms with Gasteiger partial charge in [-0.2, -0.15) is 0 Å². The predicted molar refractivity (Wildman–Crippen MR) is 96.3 cm³/mol. The molecule has 0 unspecified atom stereocenters. The molecule has 0 aromatic heterocycles. The van der Waals surface area contributed by atoms with E-state index in [4.69, 9.17) is 19.0 Å². The number of hydrogen-bond acceptors (Lipinski definition) is 7. The number of nitrogens with zero attached hydrogens (tertiary/aromatic N) is 2. The van der Waals surface area contributed by atoms with Gasteiger partial charge in [-0.05, 0) is 45.0 Å². The van der Waals surface area contributed by atoms with E-state index < -0.39 is 11.8 Å².